The van der Waals surface area contributed by atoms with E-state index in [1.807, 2.05) is 12.1 Å². The SMILES string of the molecule is BrC(Br)c1cccc(B2OCCCO2)c1. The minimum absolute atomic E-state index is 0.175. The Morgan fingerprint density at radius 1 is 1.20 bits per heavy atom. The molecule has 0 aliphatic carbocycles. The summed E-state index contributed by atoms with van der Waals surface area (Å²) in [6, 6.07) is 8.19. The lowest BCUT2D eigenvalue weighted by atomic mass is 9.77. The van der Waals surface area contributed by atoms with Crippen molar-refractivity contribution in [2.45, 2.75) is 10.2 Å². The third-order valence-electron chi connectivity index (χ3n) is 2.26. The highest BCUT2D eigenvalue weighted by Gasteiger charge is 2.24. The molecule has 1 heterocycles. The highest BCUT2D eigenvalue weighted by molar-refractivity contribution is 9.24. The summed E-state index contributed by atoms with van der Waals surface area (Å²) in [5, 5.41) is 0. The zero-order valence-electron chi connectivity index (χ0n) is 8.16. The fraction of sp³-hybridized carbons (Fsp3) is 0.400. The second-order valence-electron chi connectivity index (χ2n) is 3.40. The molecule has 0 N–H and O–H groups in total. The molecule has 0 bridgehead atoms. The Bertz CT molecular complexity index is 327. The Labute approximate surface area is 107 Å². The number of hydrogen-bond acceptors (Lipinski definition) is 2. The first kappa shape index (κ1) is 11.6. The second-order valence-corrected chi connectivity index (χ2v) is 6.46. The minimum Gasteiger partial charge on any atom is -0.407 e. The zero-order valence-corrected chi connectivity index (χ0v) is 11.3. The van der Waals surface area contributed by atoms with Gasteiger partial charge in [0, 0.05) is 13.2 Å². The van der Waals surface area contributed by atoms with Crippen LogP contribution in [0.5, 0.6) is 0 Å². The Morgan fingerprint density at radius 3 is 2.60 bits per heavy atom. The fourth-order valence-electron chi connectivity index (χ4n) is 1.52. The third kappa shape index (κ3) is 3.06. The molecular formula is C10H11BBr2O2. The van der Waals surface area contributed by atoms with E-state index in [0.717, 1.165) is 25.1 Å². The molecule has 1 aliphatic rings. The van der Waals surface area contributed by atoms with Crippen molar-refractivity contribution in [1.82, 2.24) is 0 Å². The van der Waals surface area contributed by atoms with Gasteiger partial charge in [0.25, 0.3) is 0 Å². The topological polar surface area (TPSA) is 18.5 Å². The van der Waals surface area contributed by atoms with E-state index in [4.69, 9.17) is 9.31 Å². The van der Waals surface area contributed by atoms with E-state index in [1.165, 1.54) is 5.56 Å². The maximum atomic E-state index is 5.55. The molecule has 0 atom stereocenters. The summed E-state index contributed by atoms with van der Waals surface area (Å²) in [6.07, 6.45) is 0.982. The second kappa shape index (κ2) is 5.48. The molecule has 0 aromatic heterocycles. The zero-order chi connectivity index (χ0) is 10.7. The summed E-state index contributed by atoms with van der Waals surface area (Å²) in [7, 11) is -0.197. The normalized spacial score (nSPS) is 17.1. The lowest BCUT2D eigenvalue weighted by Gasteiger charge is -2.20. The van der Waals surface area contributed by atoms with E-state index >= 15 is 0 Å². The molecule has 1 aromatic rings. The number of alkyl halides is 2. The van der Waals surface area contributed by atoms with Gasteiger partial charge in [0.05, 0.1) is 3.74 Å². The maximum Gasteiger partial charge on any atom is 0.493 e. The Kier molecular flexibility index (Phi) is 4.25. The van der Waals surface area contributed by atoms with E-state index < -0.39 is 0 Å². The Hall–Kier alpha value is 0.165. The van der Waals surface area contributed by atoms with Gasteiger partial charge in [0.2, 0.25) is 0 Å². The van der Waals surface area contributed by atoms with Crippen LogP contribution in [0.3, 0.4) is 0 Å². The molecule has 15 heavy (non-hydrogen) atoms. The molecule has 2 rings (SSSR count). The summed E-state index contributed by atoms with van der Waals surface area (Å²) < 4.78 is 11.3. The molecular weight excluding hydrogens is 323 g/mol. The van der Waals surface area contributed by atoms with Crippen LogP contribution in [0.15, 0.2) is 24.3 Å². The van der Waals surface area contributed by atoms with Crippen LogP contribution in [0, 0.1) is 0 Å². The van der Waals surface area contributed by atoms with Gasteiger partial charge in [-0.3, -0.25) is 0 Å². The maximum absolute atomic E-state index is 5.55. The molecule has 5 heteroatoms. The smallest absolute Gasteiger partial charge is 0.407 e. The molecule has 0 spiro atoms. The fourth-order valence-corrected chi connectivity index (χ4v) is 2.09. The van der Waals surface area contributed by atoms with Crippen LogP contribution >= 0.6 is 31.9 Å². The lowest BCUT2D eigenvalue weighted by molar-refractivity contribution is 0.143. The van der Waals surface area contributed by atoms with Crippen LogP contribution in [0.25, 0.3) is 0 Å². The summed E-state index contributed by atoms with van der Waals surface area (Å²) in [6.45, 7) is 1.56. The van der Waals surface area contributed by atoms with Crippen LogP contribution in [0.1, 0.15) is 15.7 Å². The van der Waals surface area contributed by atoms with Gasteiger partial charge in [-0.2, -0.15) is 0 Å². The molecule has 0 unspecified atom stereocenters. The molecule has 0 amide bonds. The van der Waals surface area contributed by atoms with Crippen molar-refractivity contribution in [1.29, 1.82) is 0 Å². The van der Waals surface area contributed by atoms with Crippen LogP contribution < -0.4 is 5.46 Å². The van der Waals surface area contributed by atoms with Gasteiger partial charge < -0.3 is 9.31 Å². The van der Waals surface area contributed by atoms with Crippen LogP contribution in [0.4, 0.5) is 0 Å². The van der Waals surface area contributed by atoms with E-state index in [9.17, 15) is 0 Å². The highest BCUT2D eigenvalue weighted by atomic mass is 79.9. The van der Waals surface area contributed by atoms with Gasteiger partial charge in [-0.15, -0.1) is 0 Å². The van der Waals surface area contributed by atoms with Gasteiger partial charge in [0.1, 0.15) is 0 Å². The summed E-state index contributed by atoms with van der Waals surface area (Å²) in [4.78, 5) is 0. The Balaban J connectivity index is 2.16. The first-order chi connectivity index (χ1) is 7.27. The van der Waals surface area contributed by atoms with E-state index in [-0.39, 0.29) is 10.9 Å². The average molecular weight is 334 g/mol. The van der Waals surface area contributed by atoms with Crippen molar-refractivity contribution in [3.05, 3.63) is 29.8 Å². The number of hydrogen-bond donors (Lipinski definition) is 0. The van der Waals surface area contributed by atoms with Crippen LogP contribution in [0.2, 0.25) is 0 Å². The minimum atomic E-state index is -0.197. The van der Waals surface area contributed by atoms with Crippen molar-refractivity contribution in [3.63, 3.8) is 0 Å². The standard InChI is InChI=1S/C10H11BBr2O2/c12-10(13)8-3-1-4-9(7-8)11-14-5-2-6-15-11/h1,3-4,7,10H,2,5-6H2. The monoisotopic (exact) mass is 332 g/mol. The van der Waals surface area contributed by atoms with Gasteiger partial charge in [-0.1, -0.05) is 56.1 Å². The van der Waals surface area contributed by atoms with Crippen LogP contribution in [-0.2, 0) is 9.31 Å². The molecule has 0 radical (unpaired) electrons. The largest absolute Gasteiger partial charge is 0.493 e. The summed E-state index contributed by atoms with van der Waals surface area (Å²) >= 11 is 6.95. The third-order valence-corrected chi connectivity index (χ3v) is 3.32. The molecule has 1 fully saturated rings. The van der Waals surface area contributed by atoms with E-state index in [2.05, 4.69) is 44.0 Å². The molecule has 1 aliphatic heterocycles. The first-order valence-corrected chi connectivity index (χ1v) is 6.72. The number of halogens is 2. The van der Waals surface area contributed by atoms with E-state index in [1.54, 1.807) is 0 Å². The van der Waals surface area contributed by atoms with Gasteiger partial charge >= 0.3 is 7.12 Å². The Morgan fingerprint density at radius 2 is 1.93 bits per heavy atom. The van der Waals surface area contributed by atoms with Gasteiger partial charge in [-0.05, 0) is 17.4 Å². The lowest BCUT2D eigenvalue weighted by Crippen LogP contribution is -2.40. The van der Waals surface area contributed by atoms with Gasteiger partial charge in [0.15, 0.2) is 0 Å². The van der Waals surface area contributed by atoms with Crippen molar-refractivity contribution in [3.8, 4) is 0 Å². The van der Waals surface area contributed by atoms with Crippen molar-refractivity contribution in [2.24, 2.45) is 0 Å². The number of rotatable bonds is 2. The molecule has 80 valence electrons. The number of benzene rings is 1. The van der Waals surface area contributed by atoms with Crippen molar-refractivity contribution < 1.29 is 9.31 Å². The highest BCUT2D eigenvalue weighted by Crippen LogP contribution is 2.28. The van der Waals surface area contributed by atoms with E-state index in [0.29, 0.717) is 0 Å². The van der Waals surface area contributed by atoms with Gasteiger partial charge in [-0.25, -0.2) is 0 Å². The molecule has 1 aromatic carbocycles. The molecule has 0 saturated carbocycles. The molecule has 1 saturated heterocycles. The van der Waals surface area contributed by atoms with Crippen molar-refractivity contribution in [2.75, 3.05) is 13.2 Å². The summed E-state index contributed by atoms with van der Waals surface area (Å²) in [5.74, 6) is 0. The summed E-state index contributed by atoms with van der Waals surface area (Å²) in [5.41, 5.74) is 2.25. The molecule has 2 nitrogen and oxygen atoms in total. The van der Waals surface area contributed by atoms with Crippen LogP contribution in [-0.4, -0.2) is 20.3 Å². The quantitative estimate of drug-likeness (QED) is 0.612. The predicted octanol–water partition coefficient (Wildman–Crippen LogP) is 2.61. The van der Waals surface area contributed by atoms with Crippen molar-refractivity contribution >= 4 is 44.4 Å². The average Bonchev–Trinajstić information content (AvgIpc) is 2.30. The first-order valence-electron chi connectivity index (χ1n) is 4.88. The predicted molar refractivity (Wildman–Crippen MR) is 68.9 cm³/mol.